The molecule has 0 aromatic heterocycles. The Kier molecular flexibility index (Phi) is 7.11. The quantitative estimate of drug-likeness (QED) is 0.533. The number of carbonyl (C=O) groups excluding carboxylic acids is 1. The first kappa shape index (κ1) is 24.1. The van der Waals surface area contributed by atoms with Crippen LogP contribution in [0.4, 0.5) is 0 Å². The number of fused-ring (bicyclic) bond motifs is 1. The maximum atomic E-state index is 13.7. The minimum absolute atomic E-state index is 0.0217. The third-order valence-corrected chi connectivity index (χ3v) is 8.10. The van der Waals surface area contributed by atoms with E-state index >= 15 is 0 Å². The van der Waals surface area contributed by atoms with Crippen LogP contribution in [-0.4, -0.2) is 38.9 Å². The molecule has 178 valence electrons. The van der Waals surface area contributed by atoms with Crippen LogP contribution in [0.3, 0.4) is 0 Å². The van der Waals surface area contributed by atoms with Gasteiger partial charge < -0.3 is 14.8 Å². The van der Waals surface area contributed by atoms with Crippen LogP contribution < -0.4 is 14.8 Å². The van der Waals surface area contributed by atoms with Crippen molar-refractivity contribution < 1.29 is 22.7 Å². The van der Waals surface area contributed by atoms with E-state index in [0.717, 1.165) is 16.7 Å². The predicted molar refractivity (Wildman–Crippen MR) is 130 cm³/mol. The lowest BCUT2D eigenvalue weighted by atomic mass is 9.95. The molecule has 1 aliphatic heterocycles. The highest BCUT2D eigenvalue weighted by molar-refractivity contribution is 7.89. The number of carbonyl (C=O) groups is 1. The van der Waals surface area contributed by atoms with E-state index in [-0.39, 0.29) is 24.4 Å². The number of hydrogen-bond acceptors (Lipinski definition) is 5. The molecule has 1 amide bonds. The third kappa shape index (κ3) is 4.75. The van der Waals surface area contributed by atoms with Gasteiger partial charge in [0.1, 0.15) is 6.04 Å². The first-order chi connectivity index (χ1) is 16.3. The molecule has 0 saturated carbocycles. The zero-order chi connectivity index (χ0) is 24.3. The molecule has 7 nitrogen and oxygen atoms in total. The number of nitrogens with one attached hydrogen (secondary N) is 1. The number of halogens is 1. The molecule has 1 N–H and O–H groups in total. The Bertz CT molecular complexity index is 1310. The standard InChI is InChI=1S/C25H25ClN2O5S/c1-32-23-12-11-20(14-24(23)33-2)34(30,31)28-16-19-9-4-3-7-17(19)13-22(28)25(29)27-15-18-8-5-6-10-21(18)26/h3-12,14,22H,13,15-16H2,1-2H3,(H,27,29). The van der Waals surface area contributed by atoms with E-state index in [9.17, 15) is 13.2 Å². The van der Waals surface area contributed by atoms with Crippen molar-refractivity contribution in [2.75, 3.05) is 14.2 Å². The number of hydrogen-bond donors (Lipinski definition) is 1. The van der Waals surface area contributed by atoms with Crippen molar-refractivity contribution in [3.8, 4) is 11.5 Å². The molecule has 3 aromatic carbocycles. The Labute approximate surface area is 204 Å². The van der Waals surface area contributed by atoms with E-state index in [2.05, 4.69) is 5.32 Å². The van der Waals surface area contributed by atoms with E-state index in [1.54, 1.807) is 6.07 Å². The van der Waals surface area contributed by atoms with Crippen molar-refractivity contribution in [3.05, 3.63) is 88.4 Å². The average Bonchev–Trinajstić information content (AvgIpc) is 2.86. The summed E-state index contributed by atoms with van der Waals surface area (Å²) in [5.41, 5.74) is 2.56. The molecule has 0 saturated heterocycles. The van der Waals surface area contributed by atoms with Gasteiger partial charge in [-0.1, -0.05) is 54.1 Å². The fourth-order valence-corrected chi connectivity index (χ4v) is 5.81. The predicted octanol–water partition coefficient (Wildman–Crippen LogP) is 3.79. The largest absolute Gasteiger partial charge is 0.493 e. The van der Waals surface area contributed by atoms with Crippen LogP contribution in [0.5, 0.6) is 11.5 Å². The SMILES string of the molecule is COc1ccc(S(=O)(=O)N2Cc3ccccc3CC2C(=O)NCc2ccccc2Cl)cc1OC. The molecular weight excluding hydrogens is 476 g/mol. The Morgan fingerprint density at radius 2 is 1.68 bits per heavy atom. The summed E-state index contributed by atoms with van der Waals surface area (Å²) in [7, 11) is -1.12. The molecule has 1 heterocycles. The summed E-state index contributed by atoms with van der Waals surface area (Å²) >= 11 is 6.22. The first-order valence-electron chi connectivity index (χ1n) is 10.7. The Hall–Kier alpha value is -3.07. The summed E-state index contributed by atoms with van der Waals surface area (Å²) in [5.74, 6) is 0.318. The zero-order valence-corrected chi connectivity index (χ0v) is 20.4. The van der Waals surface area contributed by atoms with Gasteiger partial charge in [0.2, 0.25) is 15.9 Å². The van der Waals surface area contributed by atoms with Gasteiger partial charge >= 0.3 is 0 Å². The second kappa shape index (κ2) is 10.0. The van der Waals surface area contributed by atoms with Crippen molar-refractivity contribution in [2.24, 2.45) is 0 Å². The fourth-order valence-electron chi connectivity index (χ4n) is 4.03. The van der Waals surface area contributed by atoms with Gasteiger partial charge in [0.05, 0.1) is 19.1 Å². The van der Waals surface area contributed by atoms with Gasteiger partial charge in [-0.3, -0.25) is 4.79 Å². The maximum absolute atomic E-state index is 13.7. The average molecular weight is 501 g/mol. The monoisotopic (exact) mass is 500 g/mol. The third-order valence-electron chi connectivity index (χ3n) is 5.88. The van der Waals surface area contributed by atoms with Gasteiger partial charge in [0, 0.05) is 24.2 Å². The van der Waals surface area contributed by atoms with Gasteiger partial charge in [-0.05, 0) is 41.3 Å². The van der Waals surface area contributed by atoms with Crippen LogP contribution in [-0.2, 0) is 34.3 Å². The highest BCUT2D eigenvalue weighted by atomic mass is 35.5. The molecule has 4 rings (SSSR count). The maximum Gasteiger partial charge on any atom is 0.244 e. The van der Waals surface area contributed by atoms with Crippen LogP contribution in [0.1, 0.15) is 16.7 Å². The minimum Gasteiger partial charge on any atom is -0.493 e. The Morgan fingerprint density at radius 1 is 1.00 bits per heavy atom. The normalized spacial score (nSPS) is 15.9. The lowest BCUT2D eigenvalue weighted by Gasteiger charge is -2.35. The highest BCUT2D eigenvalue weighted by Gasteiger charge is 2.39. The van der Waals surface area contributed by atoms with Gasteiger partial charge in [-0.15, -0.1) is 0 Å². The molecule has 3 aromatic rings. The van der Waals surface area contributed by atoms with E-state index < -0.39 is 22.0 Å². The highest BCUT2D eigenvalue weighted by Crippen LogP contribution is 2.34. The van der Waals surface area contributed by atoms with E-state index in [0.29, 0.717) is 16.5 Å². The lowest BCUT2D eigenvalue weighted by Crippen LogP contribution is -2.52. The molecule has 0 aliphatic carbocycles. The van der Waals surface area contributed by atoms with E-state index in [4.69, 9.17) is 21.1 Å². The van der Waals surface area contributed by atoms with Crippen molar-refractivity contribution >= 4 is 27.5 Å². The summed E-state index contributed by atoms with van der Waals surface area (Å²) < 4.78 is 39.2. The lowest BCUT2D eigenvalue weighted by molar-refractivity contribution is -0.125. The van der Waals surface area contributed by atoms with Gasteiger partial charge in [-0.25, -0.2) is 8.42 Å². The Morgan fingerprint density at radius 3 is 2.38 bits per heavy atom. The van der Waals surface area contributed by atoms with Crippen LogP contribution in [0.15, 0.2) is 71.6 Å². The molecule has 1 atom stereocenters. The van der Waals surface area contributed by atoms with Gasteiger partial charge in [0.15, 0.2) is 11.5 Å². The number of nitrogens with zero attached hydrogens (tertiary/aromatic N) is 1. The van der Waals surface area contributed by atoms with Crippen LogP contribution in [0, 0.1) is 0 Å². The summed E-state index contributed by atoms with van der Waals surface area (Å²) in [6.45, 7) is 0.276. The molecule has 1 unspecified atom stereocenters. The smallest absolute Gasteiger partial charge is 0.244 e. The minimum atomic E-state index is -4.04. The molecule has 0 radical (unpaired) electrons. The number of methoxy groups -OCH3 is 2. The molecular formula is C25H25ClN2O5S. The van der Waals surface area contributed by atoms with Crippen molar-refractivity contribution in [3.63, 3.8) is 0 Å². The fraction of sp³-hybridized carbons (Fsp3) is 0.240. The zero-order valence-electron chi connectivity index (χ0n) is 18.8. The molecule has 34 heavy (non-hydrogen) atoms. The number of amides is 1. The number of benzene rings is 3. The molecule has 1 aliphatic rings. The molecule has 9 heteroatoms. The molecule has 0 bridgehead atoms. The van der Waals surface area contributed by atoms with Crippen molar-refractivity contribution in [1.82, 2.24) is 9.62 Å². The molecule has 0 spiro atoms. The van der Waals surface area contributed by atoms with E-state index in [1.165, 1.54) is 36.7 Å². The summed E-state index contributed by atoms with van der Waals surface area (Å²) in [4.78, 5) is 13.3. The summed E-state index contributed by atoms with van der Waals surface area (Å²) in [6.07, 6.45) is 0.261. The van der Waals surface area contributed by atoms with Crippen LogP contribution in [0.2, 0.25) is 5.02 Å². The number of sulfonamides is 1. The number of ether oxygens (including phenoxy) is 2. The van der Waals surface area contributed by atoms with Gasteiger partial charge in [0.25, 0.3) is 0 Å². The van der Waals surface area contributed by atoms with Gasteiger partial charge in [-0.2, -0.15) is 4.31 Å². The summed E-state index contributed by atoms with van der Waals surface area (Å²) in [5, 5.41) is 3.39. The Balaban J connectivity index is 1.67. The van der Waals surface area contributed by atoms with Crippen molar-refractivity contribution in [2.45, 2.75) is 30.4 Å². The number of rotatable bonds is 7. The van der Waals surface area contributed by atoms with Crippen LogP contribution in [0.25, 0.3) is 0 Å². The van der Waals surface area contributed by atoms with Crippen molar-refractivity contribution in [1.29, 1.82) is 0 Å². The van der Waals surface area contributed by atoms with E-state index in [1.807, 2.05) is 42.5 Å². The topological polar surface area (TPSA) is 84.9 Å². The van der Waals surface area contributed by atoms with Crippen LogP contribution >= 0.6 is 11.6 Å². The summed E-state index contributed by atoms with van der Waals surface area (Å²) in [6, 6.07) is 18.2. The first-order valence-corrected chi connectivity index (χ1v) is 12.5. The molecule has 0 fully saturated rings. The second-order valence-corrected chi connectivity index (χ2v) is 10.2. The second-order valence-electron chi connectivity index (χ2n) is 7.86.